The highest BCUT2D eigenvalue weighted by atomic mass is 19.4. The van der Waals surface area contributed by atoms with Crippen molar-refractivity contribution in [1.82, 2.24) is 4.90 Å². The molecule has 1 aliphatic rings. The summed E-state index contributed by atoms with van der Waals surface area (Å²) in [6.07, 6.45) is -3.35. The maximum Gasteiger partial charge on any atom is 0.418 e. The summed E-state index contributed by atoms with van der Waals surface area (Å²) in [5, 5.41) is 10.8. The summed E-state index contributed by atoms with van der Waals surface area (Å²) in [6, 6.07) is 5.79. The predicted molar refractivity (Wildman–Crippen MR) is 84.9 cm³/mol. The highest BCUT2D eigenvalue weighted by Gasteiger charge is 2.37. The zero-order valence-electron chi connectivity index (χ0n) is 13.4. The van der Waals surface area contributed by atoms with Gasteiger partial charge in [0.05, 0.1) is 16.7 Å². The van der Waals surface area contributed by atoms with Gasteiger partial charge in [-0.3, -0.25) is 14.9 Å². The second kappa shape index (κ2) is 6.70. The highest BCUT2D eigenvalue weighted by Crippen LogP contribution is 2.39. The maximum absolute atomic E-state index is 13.3. The van der Waals surface area contributed by atoms with Crippen molar-refractivity contribution in [2.45, 2.75) is 6.18 Å². The van der Waals surface area contributed by atoms with Gasteiger partial charge in [0.1, 0.15) is 0 Å². The van der Waals surface area contributed by atoms with E-state index in [0.717, 1.165) is 12.1 Å². The minimum Gasteiger partial charge on any atom is -0.459 e. The Morgan fingerprint density at radius 2 is 1.85 bits per heavy atom. The predicted octanol–water partition coefficient (Wildman–Crippen LogP) is 3.17. The molecule has 1 aromatic heterocycles. The van der Waals surface area contributed by atoms with Crippen LogP contribution >= 0.6 is 0 Å². The van der Waals surface area contributed by atoms with Crippen LogP contribution in [0.25, 0.3) is 0 Å². The molecular formula is C16H14F3N3O4. The second-order valence-corrected chi connectivity index (χ2v) is 5.71. The first-order valence-electron chi connectivity index (χ1n) is 7.71. The molecule has 1 fully saturated rings. The lowest BCUT2D eigenvalue weighted by Gasteiger charge is -2.36. The number of piperazine rings is 1. The van der Waals surface area contributed by atoms with E-state index in [1.807, 2.05) is 0 Å². The van der Waals surface area contributed by atoms with Gasteiger partial charge in [0.2, 0.25) is 0 Å². The van der Waals surface area contributed by atoms with Crippen LogP contribution in [0.3, 0.4) is 0 Å². The zero-order valence-corrected chi connectivity index (χ0v) is 13.4. The number of hydrogen-bond acceptors (Lipinski definition) is 5. The standard InChI is InChI=1S/C16H14F3N3O4/c17-16(18,19)12-10-11(22(24)25)3-4-13(12)20-5-7-21(8-6-20)15(23)14-2-1-9-26-14/h1-4,9-10H,5-8H2. The zero-order chi connectivity index (χ0) is 18.9. The number of halogens is 3. The summed E-state index contributed by atoms with van der Waals surface area (Å²) in [5.74, 6) is -0.154. The van der Waals surface area contributed by atoms with Crippen LogP contribution in [-0.4, -0.2) is 41.9 Å². The lowest BCUT2D eigenvalue weighted by atomic mass is 10.1. The number of rotatable bonds is 3. The number of benzene rings is 1. The topological polar surface area (TPSA) is 79.8 Å². The Bertz CT molecular complexity index is 813. The van der Waals surface area contributed by atoms with Gasteiger partial charge in [-0.05, 0) is 18.2 Å². The summed E-state index contributed by atoms with van der Waals surface area (Å²) < 4.78 is 45.0. The molecule has 0 radical (unpaired) electrons. The van der Waals surface area contributed by atoms with E-state index in [-0.39, 0.29) is 43.5 Å². The molecule has 0 spiro atoms. The average molecular weight is 369 g/mol. The van der Waals surface area contributed by atoms with E-state index in [1.165, 1.54) is 22.1 Å². The molecule has 1 aliphatic heterocycles. The minimum absolute atomic E-state index is 0.131. The Labute approximate surface area is 145 Å². The number of nitrogens with zero attached hydrogens (tertiary/aromatic N) is 3. The molecule has 138 valence electrons. The van der Waals surface area contributed by atoms with Crippen LogP contribution in [0.1, 0.15) is 16.1 Å². The lowest BCUT2D eigenvalue weighted by Crippen LogP contribution is -2.49. The van der Waals surface area contributed by atoms with Crippen molar-refractivity contribution in [3.8, 4) is 0 Å². The Kier molecular flexibility index (Phi) is 4.58. The number of non-ortho nitro benzene ring substituents is 1. The van der Waals surface area contributed by atoms with Crippen LogP contribution in [0, 0.1) is 10.1 Å². The summed E-state index contributed by atoms with van der Waals surface area (Å²) in [7, 11) is 0. The molecule has 0 bridgehead atoms. The summed E-state index contributed by atoms with van der Waals surface area (Å²) >= 11 is 0. The Balaban J connectivity index is 1.79. The molecule has 0 saturated carbocycles. The van der Waals surface area contributed by atoms with E-state index in [1.54, 1.807) is 6.07 Å². The molecule has 10 heteroatoms. The third-order valence-corrected chi connectivity index (χ3v) is 4.14. The van der Waals surface area contributed by atoms with Crippen molar-refractivity contribution in [3.63, 3.8) is 0 Å². The van der Waals surface area contributed by atoms with Crippen LogP contribution in [0.15, 0.2) is 41.0 Å². The van der Waals surface area contributed by atoms with Gasteiger partial charge in [0.25, 0.3) is 11.6 Å². The van der Waals surface area contributed by atoms with Crippen LogP contribution < -0.4 is 4.90 Å². The van der Waals surface area contributed by atoms with E-state index >= 15 is 0 Å². The second-order valence-electron chi connectivity index (χ2n) is 5.71. The molecular weight excluding hydrogens is 355 g/mol. The van der Waals surface area contributed by atoms with Gasteiger partial charge in [0.15, 0.2) is 5.76 Å². The van der Waals surface area contributed by atoms with Crippen molar-refractivity contribution in [2.75, 3.05) is 31.1 Å². The number of alkyl halides is 3. The van der Waals surface area contributed by atoms with Crippen molar-refractivity contribution >= 4 is 17.3 Å². The van der Waals surface area contributed by atoms with E-state index in [2.05, 4.69) is 0 Å². The Morgan fingerprint density at radius 3 is 2.38 bits per heavy atom. The van der Waals surface area contributed by atoms with Crippen LogP contribution in [0.5, 0.6) is 0 Å². The molecule has 26 heavy (non-hydrogen) atoms. The number of nitro benzene ring substituents is 1. The number of nitro groups is 1. The van der Waals surface area contributed by atoms with Crippen molar-refractivity contribution in [1.29, 1.82) is 0 Å². The molecule has 0 aliphatic carbocycles. The Morgan fingerprint density at radius 1 is 1.15 bits per heavy atom. The van der Waals surface area contributed by atoms with Gasteiger partial charge in [-0.1, -0.05) is 0 Å². The molecule has 2 aromatic rings. The average Bonchev–Trinajstić information content (AvgIpc) is 3.14. The monoisotopic (exact) mass is 369 g/mol. The summed E-state index contributed by atoms with van der Waals surface area (Å²) in [4.78, 5) is 25.1. The number of furan rings is 1. The molecule has 0 atom stereocenters. The third-order valence-electron chi connectivity index (χ3n) is 4.14. The number of carbonyl (C=O) groups is 1. The smallest absolute Gasteiger partial charge is 0.418 e. The maximum atomic E-state index is 13.3. The molecule has 3 rings (SSSR count). The third kappa shape index (κ3) is 3.48. The molecule has 0 unspecified atom stereocenters. The SMILES string of the molecule is O=C(c1ccco1)N1CCN(c2ccc([N+](=O)[O-])cc2C(F)(F)F)CC1. The molecule has 1 saturated heterocycles. The fourth-order valence-corrected chi connectivity index (χ4v) is 2.85. The van der Waals surface area contributed by atoms with Crippen LogP contribution in [-0.2, 0) is 6.18 Å². The fourth-order valence-electron chi connectivity index (χ4n) is 2.85. The minimum atomic E-state index is -4.72. The van der Waals surface area contributed by atoms with Crippen molar-refractivity contribution in [3.05, 3.63) is 58.0 Å². The number of amides is 1. The fraction of sp³-hybridized carbons (Fsp3) is 0.312. The first-order valence-corrected chi connectivity index (χ1v) is 7.71. The van der Waals surface area contributed by atoms with Gasteiger partial charge < -0.3 is 14.2 Å². The van der Waals surface area contributed by atoms with E-state index in [9.17, 15) is 28.1 Å². The number of carbonyl (C=O) groups excluding carboxylic acids is 1. The van der Waals surface area contributed by atoms with Crippen molar-refractivity contribution in [2.24, 2.45) is 0 Å². The van der Waals surface area contributed by atoms with Gasteiger partial charge >= 0.3 is 6.18 Å². The largest absolute Gasteiger partial charge is 0.459 e. The van der Waals surface area contributed by atoms with E-state index < -0.39 is 22.4 Å². The van der Waals surface area contributed by atoms with Gasteiger partial charge in [0, 0.05) is 44.0 Å². The molecule has 2 heterocycles. The van der Waals surface area contributed by atoms with E-state index in [0.29, 0.717) is 6.07 Å². The van der Waals surface area contributed by atoms with Crippen LogP contribution in [0.2, 0.25) is 0 Å². The van der Waals surface area contributed by atoms with Gasteiger partial charge in [-0.15, -0.1) is 0 Å². The van der Waals surface area contributed by atoms with E-state index in [4.69, 9.17) is 4.42 Å². The molecule has 0 N–H and O–H groups in total. The Hall–Kier alpha value is -3.04. The highest BCUT2D eigenvalue weighted by molar-refractivity contribution is 5.91. The van der Waals surface area contributed by atoms with Gasteiger partial charge in [-0.25, -0.2) is 0 Å². The molecule has 1 aromatic carbocycles. The summed E-state index contributed by atoms with van der Waals surface area (Å²) in [6.45, 7) is 0.780. The number of hydrogen-bond donors (Lipinski definition) is 0. The first-order chi connectivity index (χ1) is 12.3. The molecule has 7 nitrogen and oxygen atoms in total. The molecule has 1 amide bonds. The first kappa shape index (κ1) is 17.8. The van der Waals surface area contributed by atoms with Crippen LogP contribution in [0.4, 0.5) is 24.5 Å². The van der Waals surface area contributed by atoms with Crippen molar-refractivity contribution < 1.29 is 27.3 Å². The quantitative estimate of drug-likeness (QED) is 0.613. The normalized spacial score (nSPS) is 15.2. The summed E-state index contributed by atoms with van der Waals surface area (Å²) in [5.41, 5.74) is -1.81. The number of anilines is 1. The van der Waals surface area contributed by atoms with Gasteiger partial charge in [-0.2, -0.15) is 13.2 Å². The lowest BCUT2D eigenvalue weighted by molar-refractivity contribution is -0.385.